The molecule has 3 rings (SSSR count). The summed E-state index contributed by atoms with van der Waals surface area (Å²) in [6.45, 7) is 2.81. The van der Waals surface area contributed by atoms with E-state index in [0.29, 0.717) is 22.3 Å². The molecule has 0 fully saturated rings. The second-order valence-electron chi connectivity index (χ2n) is 8.55. The third kappa shape index (κ3) is 6.14. The molecule has 1 heterocycles. The van der Waals surface area contributed by atoms with Gasteiger partial charge in [-0.25, -0.2) is 0 Å². The van der Waals surface area contributed by atoms with Crippen molar-refractivity contribution in [1.82, 2.24) is 9.63 Å². The van der Waals surface area contributed by atoms with Crippen LogP contribution in [0.2, 0.25) is 0 Å². The van der Waals surface area contributed by atoms with Gasteiger partial charge in [0.05, 0.1) is 23.2 Å². The number of hydrogen-bond acceptors (Lipinski definition) is 6. The van der Waals surface area contributed by atoms with Gasteiger partial charge in [-0.05, 0) is 66.9 Å². The van der Waals surface area contributed by atoms with Crippen molar-refractivity contribution in [3.05, 3.63) is 99.1 Å². The molecular formula is C27H25F3N4O3. The van der Waals surface area contributed by atoms with Crippen LogP contribution in [-0.2, 0) is 18.0 Å². The number of halogens is 3. The molecule has 0 spiro atoms. The lowest BCUT2D eigenvalue weighted by Crippen LogP contribution is -2.28. The minimum Gasteiger partial charge on any atom is -0.359 e. The lowest BCUT2D eigenvalue weighted by Gasteiger charge is -2.29. The molecule has 10 heteroatoms. The highest BCUT2D eigenvalue weighted by Gasteiger charge is 2.31. The van der Waals surface area contributed by atoms with Crippen LogP contribution in [0.5, 0.6) is 0 Å². The van der Waals surface area contributed by atoms with E-state index in [2.05, 4.69) is 5.32 Å². The lowest BCUT2D eigenvalue weighted by atomic mass is 9.87. The van der Waals surface area contributed by atoms with Crippen LogP contribution in [0, 0.1) is 11.3 Å². The standard InChI is InChI=1S/C27H25F3N4O3/c1-16(32-21-7-5-6-20(14-21)27(28,29)30)25(17(2)35)26(34(4)37)22-9-8-18(15-31)12-23(22)19-10-11-33(3)24(36)13-19/h5-14,26,32,37H,1-4H3/b25-16-/t26-/m1/s1. The van der Waals surface area contributed by atoms with E-state index in [9.17, 15) is 33.2 Å². The SMILES string of the molecule is CC(=O)/C(=C(\C)Nc1cccc(C(F)(F)F)c1)[C@@H](c1ccc(C#N)cc1-c1ccn(C)c(=O)c1)N(C)O. The van der Waals surface area contributed by atoms with Crippen LogP contribution in [0.1, 0.15) is 36.6 Å². The number of nitrogens with zero attached hydrogens (tertiary/aromatic N) is 3. The summed E-state index contributed by atoms with van der Waals surface area (Å²) in [7, 11) is 2.92. The first-order chi connectivity index (χ1) is 17.3. The van der Waals surface area contributed by atoms with Gasteiger partial charge in [0.1, 0.15) is 0 Å². The highest BCUT2D eigenvalue weighted by Crippen LogP contribution is 2.37. The summed E-state index contributed by atoms with van der Waals surface area (Å²) in [5, 5.41) is 23.8. The molecule has 0 bridgehead atoms. The van der Waals surface area contributed by atoms with Crippen LogP contribution < -0.4 is 10.9 Å². The first kappa shape index (κ1) is 27.4. The molecule has 0 unspecified atom stereocenters. The second-order valence-corrected chi connectivity index (χ2v) is 8.55. The second kappa shape index (κ2) is 10.8. The van der Waals surface area contributed by atoms with Crippen molar-refractivity contribution in [3.8, 4) is 17.2 Å². The van der Waals surface area contributed by atoms with Crippen LogP contribution >= 0.6 is 0 Å². The molecular weight excluding hydrogens is 485 g/mol. The predicted molar refractivity (Wildman–Crippen MR) is 133 cm³/mol. The fourth-order valence-electron chi connectivity index (χ4n) is 4.09. The first-order valence-electron chi connectivity index (χ1n) is 11.1. The molecule has 7 nitrogen and oxygen atoms in total. The number of Topliss-reactive ketones (excluding diaryl/α,β-unsaturated/α-hetero) is 1. The Labute approximate surface area is 211 Å². The number of alkyl halides is 3. The molecule has 1 atom stereocenters. The van der Waals surface area contributed by atoms with E-state index in [4.69, 9.17) is 0 Å². The summed E-state index contributed by atoms with van der Waals surface area (Å²) in [5.74, 6) is -0.442. The molecule has 0 aliphatic carbocycles. The number of aromatic nitrogens is 1. The quantitative estimate of drug-likeness (QED) is 0.332. The minimum atomic E-state index is -4.54. The molecule has 37 heavy (non-hydrogen) atoms. The Kier molecular flexibility index (Phi) is 8.01. The van der Waals surface area contributed by atoms with Crippen LogP contribution in [0.25, 0.3) is 11.1 Å². The van der Waals surface area contributed by atoms with Crippen molar-refractivity contribution in [2.75, 3.05) is 12.4 Å². The summed E-state index contributed by atoms with van der Waals surface area (Å²) in [6.07, 6.45) is -2.99. The predicted octanol–water partition coefficient (Wildman–Crippen LogP) is 5.28. The van der Waals surface area contributed by atoms with Crippen LogP contribution in [0.15, 0.2) is 76.9 Å². The molecule has 0 radical (unpaired) electrons. The number of carbonyl (C=O) groups excluding carboxylic acids is 1. The van der Waals surface area contributed by atoms with E-state index >= 15 is 0 Å². The smallest absolute Gasteiger partial charge is 0.359 e. The van der Waals surface area contributed by atoms with Crippen molar-refractivity contribution in [3.63, 3.8) is 0 Å². The molecule has 0 aliphatic heterocycles. The maximum atomic E-state index is 13.2. The lowest BCUT2D eigenvalue weighted by molar-refractivity contribution is -0.137. The van der Waals surface area contributed by atoms with Gasteiger partial charge in [-0.15, -0.1) is 0 Å². The van der Waals surface area contributed by atoms with Gasteiger partial charge in [-0.1, -0.05) is 12.1 Å². The number of rotatable bonds is 7. The maximum Gasteiger partial charge on any atom is 0.416 e. The number of hydrogen-bond donors (Lipinski definition) is 2. The molecule has 0 saturated heterocycles. The summed E-state index contributed by atoms with van der Waals surface area (Å²) >= 11 is 0. The molecule has 192 valence electrons. The van der Waals surface area contributed by atoms with Crippen LogP contribution in [0.3, 0.4) is 0 Å². The highest BCUT2D eigenvalue weighted by atomic mass is 19.4. The number of carbonyl (C=O) groups is 1. The van der Waals surface area contributed by atoms with E-state index in [0.717, 1.165) is 17.2 Å². The number of benzene rings is 2. The molecule has 0 saturated carbocycles. The number of aryl methyl sites for hydroxylation is 1. The van der Waals surface area contributed by atoms with Crippen molar-refractivity contribution < 1.29 is 23.2 Å². The van der Waals surface area contributed by atoms with Crippen molar-refractivity contribution in [2.45, 2.75) is 26.1 Å². The number of anilines is 1. The maximum absolute atomic E-state index is 13.2. The number of ketones is 1. The van der Waals surface area contributed by atoms with Gasteiger partial charge in [-0.3, -0.25) is 9.59 Å². The third-order valence-corrected chi connectivity index (χ3v) is 5.84. The van der Waals surface area contributed by atoms with Crippen LogP contribution in [-0.4, -0.2) is 27.7 Å². The fraction of sp³-hybridized carbons (Fsp3) is 0.222. The number of nitriles is 1. The molecule has 0 amide bonds. The van der Waals surface area contributed by atoms with Gasteiger partial charge >= 0.3 is 6.18 Å². The Morgan fingerprint density at radius 1 is 1.14 bits per heavy atom. The first-order valence-corrected chi connectivity index (χ1v) is 11.1. The van der Waals surface area contributed by atoms with E-state index in [1.807, 2.05) is 6.07 Å². The Morgan fingerprint density at radius 3 is 2.41 bits per heavy atom. The van der Waals surface area contributed by atoms with Gasteiger partial charge in [0.25, 0.3) is 5.56 Å². The largest absolute Gasteiger partial charge is 0.416 e. The van der Waals surface area contributed by atoms with Gasteiger partial charge in [-0.2, -0.15) is 23.5 Å². The zero-order valence-corrected chi connectivity index (χ0v) is 20.6. The molecule has 2 N–H and O–H groups in total. The number of likely N-dealkylation sites (N-methyl/N-ethyl adjacent to an activating group) is 1. The fourth-order valence-corrected chi connectivity index (χ4v) is 4.09. The van der Waals surface area contributed by atoms with E-state index in [-0.39, 0.29) is 22.5 Å². The van der Waals surface area contributed by atoms with Gasteiger partial charge in [0, 0.05) is 43.3 Å². The monoisotopic (exact) mass is 510 g/mol. The Balaban J connectivity index is 2.21. The highest BCUT2D eigenvalue weighted by molar-refractivity contribution is 5.96. The van der Waals surface area contributed by atoms with E-state index in [1.54, 1.807) is 31.4 Å². The summed E-state index contributed by atoms with van der Waals surface area (Å²) in [6, 6.07) is 13.2. The van der Waals surface area contributed by atoms with Gasteiger partial charge in [0.2, 0.25) is 0 Å². The normalized spacial score (nSPS) is 13.1. The summed E-state index contributed by atoms with van der Waals surface area (Å²) < 4.78 is 40.9. The Bertz CT molecular complexity index is 1470. The molecule has 2 aromatic carbocycles. The van der Waals surface area contributed by atoms with Crippen molar-refractivity contribution in [2.24, 2.45) is 7.05 Å². The zero-order chi connectivity index (χ0) is 27.5. The zero-order valence-electron chi connectivity index (χ0n) is 20.6. The average molecular weight is 511 g/mol. The van der Waals surface area contributed by atoms with Gasteiger partial charge < -0.3 is 15.1 Å². The average Bonchev–Trinajstić information content (AvgIpc) is 2.83. The topological polar surface area (TPSA) is 98.4 Å². The van der Waals surface area contributed by atoms with Crippen LogP contribution in [0.4, 0.5) is 18.9 Å². The summed E-state index contributed by atoms with van der Waals surface area (Å²) in [4.78, 5) is 25.2. The number of allylic oxidation sites excluding steroid dienone is 1. The number of nitrogens with one attached hydrogen (secondary N) is 1. The Hall–Kier alpha value is -4.20. The van der Waals surface area contributed by atoms with E-state index in [1.165, 1.54) is 49.7 Å². The summed E-state index contributed by atoms with van der Waals surface area (Å²) in [5.41, 5.74) is 0.863. The number of pyridine rings is 1. The molecule has 1 aromatic heterocycles. The van der Waals surface area contributed by atoms with Crippen molar-refractivity contribution >= 4 is 11.5 Å². The minimum absolute atomic E-state index is 0.0807. The molecule has 0 aliphatic rings. The Morgan fingerprint density at radius 2 is 1.84 bits per heavy atom. The molecule has 3 aromatic rings. The van der Waals surface area contributed by atoms with Crippen molar-refractivity contribution in [1.29, 1.82) is 5.26 Å². The van der Waals surface area contributed by atoms with Gasteiger partial charge in [0.15, 0.2) is 5.78 Å². The number of hydroxylamine groups is 2. The van der Waals surface area contributed by atoms with E-state index < -0.39 is 23.6 Å². The third-order valence-electron chi connectivity index (χ3n) is 5.84.